The lowest BCUT2D eigenvalue weighted by Crippen LogP contribution is -2.23. The molecule has 248 valence electrons. The molecule has 2 aromatic carbocycles. The fourth-order valence-electron chi connectivity index (χ4n) is 6.21. The van der Waals surface area contributed by atoms with Crippen molar-refractivity contribution in [2.24, 2.45) is 10.8 Å². The van der Waals surface area contributed by atoms with Crippen molar-refractivity contribution in [3.63, 3.8) is 0 Å². The van der Waals surface area contributed by atoms with Gasteiger partial charge >= 0.3 is 0 Å². The summed E-state index contributed by atoms with van der Waals surface area (Å²) in [5.74, 6) is 2.70. The zero-order chi connectivity index (χ0) is 33.1. The Kier molecular flexibility index (Phi) is 12.4. The van der Waals surface area contributed by atoms with Gasteiger partial charge in [0.1, 0.15) is 11.5 Å². The fraction of sp³-hybridized carbons (Fsp3) is 0.700. The molecular weight excluding hydrogens is 577 g/mol. The lowest BCUT2D eigenvalue weighted by Gasteiger charge is -2.30. The summed E-state index contributed by atoms with van der Waals surface area (Å²) in [6.45, 7) is 27.2. The summed E-state index contributed by atoms with van der Waals surface area (Å²) < 4.78 is 0. The lowest BCUT2D eigenvalue weighted by molar-refractivity contribution is 0.392. The molecule has 0 aromatic heterocycles. The molecule has 1 saturated carbocycles. The maximum Gasteiger partial charge on any atom is 0.122 e. The molecule has 0 aliphatic heterocycles. The number of phenolic OH excluding ortho intramolecular Hbond substituents is 2. The maximum absolute atomic E-state index is 11.5. The van der Waals surface area contributed by atoms with Crippen LogP contribution in [0.25, 0.3) is 0 Å². The highest BCUT2D eigenvalue weighted by Crippen LogP contribution is 2.43. The Hall–Kier alpha value is -1.26. The fourth-order valence-corrected chi connectivity index (χ4v) is 9.28. The van der Waals surface area contributed by atoms with Gasteiger partial charge in [-0.05, 0) is 69.6 Å². The van der Waals surface area contributed by atoms with E-state index in [0.717, 1.165) is 46.6 Å². The van der Waals surface area contributed by atoms with Gasteiger partial charge in [0.05, 0.1) is 0 Å². The predicted molar refractivity (Wildman–Crippen MR) is 198 cm³/mol. The van der Waals surface area contributed by atoms with Crippen LogP contribution < -0.4 is 0 Å². The van der Waals surface area contributed by atoms with Crippen LogP contribution in [0, 0.1) is 10.8 Å². The second kappa shape index (κ2) is 14.7. The van der Waals surface area contributed by atoms with Crippen LogP contribution in [0.2, 0.25) is 0 Å². The minimum atomic E-state index is 0.0355. The first-order valence-corrected chi connectivity index (χ1v) is 19.2. The molecule has 2 atom stereocenters. The van der Waals surface area contributed by atoms with Crippen molar-refractivity contribution < 1.29 is 10.2 Å². The van der Waals surface area contributed by atoms with Crippen LogP contribution >= 0.6 is 23.5 Å². The van der Waals surface area contributed by atoms with Crippen LogP contribution in [0.5, 0.6) is 11.5 Å². The summed E-state index contributed by atoms with van der Waals surface area (Å²) in [7, 11) is 0. The van der Waals surface area contributed by atoms with E-state index >= 15 is 0 Å². The third kappa shape index (κ3) is 11.2. The van der Waals surface area contributed by atoms with Crippen LogP contribution in [-0.2, 0) is 35.2 Å². The van der Waals surface area contributed by atoms with Crippen molar-refractivity contribution in [2.45, 2.75) is 167 Å². The van der Waals surface area contributed by atoms with Crippen molar-refractivity contribution in [1.29, 1.82) is 0 Å². The summed E-state index contributed by atoms with van der Waals surface area (Å²) in [6.07, 6.45) is 9.38. The van der Waals surface area contributed by atoms with E-state index in [-0.39, 0.29) is 21.7 Å². The molecule has 1 fully saturated rings. The second-order valence-corrected chi connectivity index (χ2v) is 20.4. The molecule has 4 heteroatoms. The Morgan fingerprint density at radius 1 is 0.523 bits per heavy atom. The SMILES string of the molecule is CC(C)(C)Cc1cc(C(C)(C)C)cc(CSC2CCCCCCC2SCc2cc(C(C)(C)C)cc(CC(C)(C)C)c2O)c1O. The third-order valence-electron chi connectivity index (χ3n) is 8.76. The Balaban J connectivity index is 1.88. The lowest BCUT2D eigenvalue weighted by atomic mass is 9.81. The molecule has 44 heavy (non-hydrogen) atoms. The van der Waals surface area contributed by atoms with E-state index in [1.165, 1.54) is 49.7 Å². The van der Waals surface area contributed by atoms with Crippen molar-refractivity contribution >= 4 is 23.5 Å². The molecule has 2 aromatic rings. The third-order valence-corrected chi connectivity index (χ3v) is 11.9. The molecule has 2 N–H and O–H groups in total. The minimum Gasteiger partial charge on any atom is -0.507 e. The van der Waals surface area contributed by atoms with Gasteiger partial charge in [0, 0.05) is 33.1 Å². The number of rotatable bonds is 8. The van der Waals surface area contributed by atoms with Crippen molar-refractivity contribution in [2.75, 3.05) is 0 Å². The average molecular weight is 641 g/mol. The maximum atomic E-state index is 11.5. The van der Waals surface area contributed by atoms with E-state index in [0.29, 0.717) is 22.0 Å². The molecular formula is C40H64O2S2. The first-order valence-electron chi connectivity index (χ1n) is 17.1. The van der Waals surface area contributed by atoms with Crippen LogP contribution in [0.15, 0.2) is 24.3 Å². The van der Waals surface area contributed by atoms with E-state index in [1.54, 1.807) is 0 Å². The van der Waals surface area contributed by atoms with E-state index < -0.39 is 0 Å². The quantitative estimate of drug-likeness (QED) is 0.301. The predicted octanol–water partition coefficient (Wildman–Crippen LogP) is 12.1. The zero-order valence-corrected chi connectivity index (χ0v) is 31.9. The Morgan fingerprint density at radius 3 is 1.14 bits per heavy atom. The molecule has 3 rings (SSSR count). The molecule has 0 heterocycles. The van der Waals surface area contributed by atoms with Crippen LogP contribution in [0.1, 0.15) is 155 Å². The van der Waals surface area contributed by atoms with Gasteiger partial charge in [-0.1, -0.05) is 133 Å². The summed E-state index contributed by atoms with van der Waals surface area (Å²) >= 11 is 4.11. The number of phenols is 2. The molecule has 1 aliphatic rings. The molecule has 2 unspecified atom stereocenters. The summed E-state index contributed by atoms with van der Waals surface area (Å²) in [5.41, 5.74) is 7.29. The summed E-state index contributed by atoms with van der Waals surface area (Å²) in [5, 5.41) is 24.0. The number of aromatic hydroxyl groups is 2. The molecule has 0 saturated heterocycles. The Bertz CT molecular complexity index is 1140. The van der Waals surface area contributed by atoms with Crippen LogP contribution in [0.4, 0.5) is 0 Å². The monoisotopic (exact) mass is 640 g/mol. The zero-order valence-electron chi connectivity index (χ0n) is 30.2. The summed E-state index contributed by atoms with van der Waals surface area (Å²) in [4.78, 5) is 0. The Labute approximate surface area is 280 Å². The van der Waals surface area contributed by atoms with Gasteiger partial charge in [-0.15, -0.1) is 0 Å². The molecule has 0 spiro atoms. The molecule has 0 amide bonds. The van der Waals surface area contributed by atoms with Crippen molar-refractivity contribution in [3.05, 3.63) is 57.6 Å². The van der Waals surface area contributed by atoms with Crippen molar-refractivity contribution in [3.8, 4) is 11.5 Å². The molecule has 0 bridgehead atoms. The first-order chi connectivity index (χ1) is 20.1. The van der Waals surface area contributed by atoms with Gasteiger partial charge in [0.25, 0.3) is 0 Å². The van der Waals surface area contributed by atoms with E-state index in [1.807, 2.05) is 0 Å². The normalized spacial score (nSPS) is 19.1. The van der Waals surface area contributed by atoms with Gasteiger partial charge in [-0.25, -0.2) is 0 Å². The Morgan fingerprint density at radius 2 is 0.841 bits per heavy atom. The van der Waals surface area contributed by atoms with Crippen LogP contribution in [-0.4, -0.2) is 20.7 Å². The largest absolute Gasteiger partial charge is 0.507 e. The number of hydrogen-bond acceptors (Lipinski definition) is 4. The first kappa shape index (κ1) is 37.2. The molecule has 0 radical (unpaired) electrons. The van der Waals surface area contributed by atoms with E-state index in [9.17, 15) is 10.2 Å². The summed E-state index contributed by atoms with van der Waals surface area (Å²) in [6, 6.07) is 9.03. The highest BCUT2D eigenvalue weighted by molar-refractivity contribution is 8.03. The van der Waals surface area contributed by atoms with E-state index in [4.69, 9.17) is 0 Å². The van der Waals surface area contributed by atoms with Gasteiger partial charge in [0.15, 0.2) is 0 Å². The highest BCUT2D eigenvalue weighted by Gasteiger charge is 2.28. The standard InChI is InChI=1S/C40H64O2S2/c1-37(2,3)23-27-19-31(39(7,8)9)21-29(35(27)41)25-43-33-17-15-13-14-16-18-34(33)44-26-30-22-32(40(10,11)12)20-28(36(30)42)24-38(4,5)6/h19-22,33-34,41-42H,13-18,23-26H2,1-12H3. The van der Waals surface area contributed by atoms with E-state index in [2.05, 4.69) is 131 Å². The molecule has 2 nitrogen and oxygen atoms in total. The van der Waals surface area contributed by atoms with Gasteiger partial charge in [-0.2, -0.15) is 23.5 Å². The van der Waals surface area contributed by atoms with Gasteiger partial charge in [-0.3, -0.25) is 0 Å². The molecule has 1 aliphatic carbocycles. The smallest absolute Gasteiger partial charge is 0.122 e. The van der Waals surface area contributed by atoms with Gasteiger partial charge < -0.3 is 10.2 Å². The van der Waals surface area contributed by atoms with Crippen LogP contribution in [0.3, 0.4) is 0 Å². The van der Waals surface area contributed by atoms with Crippen molar-refractivity contribution in [1.82, 2.24) is 0 Å². The topological polar surface area (TPSA) is 40.5 Å². The number of benzene rings is 2. The minimum absolute atomic E-state index is 0.0355. The van der Waals surface area contributed by atoms with Gasteiger partial charge in [0.2, 0.25) is 0 Å². The number of hydrogen-bond donors (Lipinski definition) is 2. The average Bonchev–Trinajstić information content (AvgIpc) is 2.84. The second-order valence-electron chi connectivity index (χ2n) is 18.0. The highest BCUT2D eigenvalue weighted by atomic mass is 32.2. The number of thioether (sulfide) groups is 2.